The molecule has 0 N–H and O–H groups in total. The summed E-state index contributed by atoms with van der Waals surface area (Å²) in [5.74, 6) is -0.240. The van der Waals surface area contributed by atoms with Crippen LogP contribution in [0.4, 0.5) is 0 Å². The van der Waals surface area contributed by atoms with E-state index in [9.17, 15) is 13.2 Å². The molecule has 0 aliphatic rings. The van der Waals surface area contributed by atoms with Crippen molar-refractivity contribution in [1.82, 2.24) is 0 Å². The smallest absolute Gasteiger partial charge is 0.265 e. The van der Waals surface area contributed by atoms with Gasteiger partial charge in [0.25, 0.3) is 10.1 Å². The summed E-state index contributed by atoms with van der Waals surface area (Å²) in [4.78, 5) is 11.8. The maximum atomic E-state index is 11.8. The van der Waals surface area contributed by atoms with Crippen LogP contribution in [-0.2, 0) is 19.1 Å². The van der Waals surface area contributed by atoms with Crippen molar-refractivity contribution in [2.45, 2.75) is 40.2 Å². The molecule has 0 unspecified atom stereocenters. The van der Waals surface area contributed by atoms with Gasteiger partial charge in [-0.05, 0) is 13.8 Å². The SMILES string of the molecule is CC(C)(C)C(=O)C(C)(C)OS(C)(=O)=O. The van der Waals surface area contributed by atoms with Crippen molar-refractivity contribution >= 4 is 15.9 Å². The summed E-state index contributed by atoms with van der Waals surface area (Å²) in [5, 5.41) is 0. The van der Waals surface area contributed by atoms with Crippen molar-refractivity contribution in [1.29, 1.82) is 0 Å². The van der Waals surface area contributed by atoms with Crippen LogP contribution in [0, 0.1) is 5.41 Å². The van der Waals surface area contributed by atoms with Gasteiger partial charge in [0, 0.05) is 5.41 Å². The van der Waals surface area contributed by atoms with Gasteiger partial charge in [-0.25, -0.2) is 0 Å². The van der Waals surface area contributed by atoms with Gasteiger partial charge < -0.3 is 0 Å². The molecule has 0 aromatic rings. The number of hydrogen-bond acceptors (Lipinski definition) is 4. The number of carbonyl (C=O) groups is 1. The normalized spacial score (nSPS) is 14.1. The Morgan fingerprint density at radius 3 is 1.64 bits per heavy atom. The van der Waals surface area contributed by atoms with E-state index in [1.165, 1.54) is 13.8 Å². The zero-order chi connectivity index (χ0) is 11.8. The molecule has 0 aromatic heterocycles. The minimum Gasteiger partial charge on any atom is -0.296 e. The quantitative estimate of drug-likeness (QED) is 0.676. The summed E-state index contributed by atoms with van der Waals surface area (Å²) in [6.07, 6.45) is 0.935. The molecule has 5 heteroatoms. The van der Waals surface area contributed by atoms with E-state index < -0.39 is 21.1 Å². The summed E-state index contributed by atoms with van der Waals surface area (Å²) in [5.41, 5.74) is -1.92. The second-order valence-electron chi connectivity index (χ2n) is 4.88. The maximum absolute atomic E-state index is 11.8. The first-order valence-electron chi connectivity index (χ1n) is 4.32. The van der Waals surface area contributed by atoms with E-state index >= 15 is 0 Å². The van der Waals surface area contributed by atoms with Crippen LogP contribution >= 0.6 is 0 Å². The monoisotopic (exact) mass is 222 g/mol. The first kappa shape index (κ1) is 13.6. The van der Waals surface area contributed by atoms with Gasteiger partial charge in [-0.3, -0.25) is 8.98 Å². The van der Waals surface area contributed by atoms with Crippen LogP contribution in [0.1, 0.15) is 34.6 Å². The van der Waals surface area contributed by atoms with Gasteiger partial charge >= 0.3 is 0 Å². The Balaban J connectivity index is 4.91. The highest BCUT2D eigenvalue weighted by molar-refractivity contribution is 7.86. The Kier molecular flexibility index (Phi) is 3.51. The molecule has 0 bridgehead atoms. The van der Waals surface area contributed by atoms with E-state index in [0.717, 1.165) is 6.26 Å². The molecule has 0 saturated carbocycles. The standard InChI is InChI=1S/C9H18O4S/c1-8(2,3)7(10)9(4,5)13-14(6,11)12/h1-6H3. The first-order valence-corrected chi connectivity index (χ1v) is 6.13. The number of rotatable bonds is 3. The molecule has 0 amide bonds. The van der Waals surface area contributed by atoms with Gasteiger partial charge in [0.2, 0.25) is 0 Å². The highest BCUT2D eigenvalue weighted by atomic mass is 32.2. The van der Waals surface area contributed by atoms with Gasteiger partial charge in [0.1, 0.15) is 5.60 Å². The van der Waals surface area contributed by atoms with E-state index in [4.69, 9.17) is 4.18 Å². The van der Waals surface area contributed by atoms with Crippen LogP contribution in [-0.4, -0.2) is 26.1 Å². The molecule has 14 heavy (non-hydrogen) atoms. The fourth-order valence-electron chi connectivity index (χ4n) is 1.32. The predicted molar refractivity (Wildman–Crippen MR) is 54.5 cm³/mol. The molecule has 4 nitrogen and oxygen atoms in total. The maximum Gasteiger partial charge on any atom is 0.265 e. The molecule has 0 atom stereocenters. The highest BCUT2D eigenvalue weighted by Gasteiger charge is 2.39. The zero-order valence-corrected chi connectivity index (χ0v) is 10.4. The van der Waals surface area contributed by atoms with Crippen molar-refractivity contribution in [3.05, 3.63) is 0 Å². The van der Waals surface area contributed by atoms with Gasteiger partial charge in [-0.15, -0.1) is 0 Å². The molecule has 0 heterocycles. The number of hydrogen-bond donors (Lipinski definition) is 0. The van der Waals surface area contributed by atoms with Crippen LogP contribution in [0.3, 0.4) is 0 Å². The Bertz CT molecular complexity index is 319. The molecule has 0 aliphatic heterocycles. The van der Waals surface area contributed by atoms with Crippen molar-refractivity contribution in [2.24, 2.45) is 5.41 Å². The summed E-state index contributed by atoms with van der Waals surface area (Å²) in [7, 11) is -3.61. The topological polar surface area (TPSA) is 60.4 Å². The summed E-state index contributed by atoms with van der Waals surface area (Å²) in [6, 6.07) is 0. The first-order chi connectivity index (χ1) is 5.86. The lowest BCUT2D eigenvalue weighted by atomic mass is 9.82. The van der Waals surface area contributed by atoms with Crippen LogP contribution < -0.4 is 0 Å². The molecule has 0 radical (unpaired) electrons. The molecule has 0 fully saturated rings. The Labute approximate surface area is 85.8 Å². The van der Waals surface area contributed by atoms with Gasteiger partial charge in [-0.2, -0.15) is 8.42 Å². The summed E-state index contributed by atoms with van der Waals surface area (Å²) < 4.78 is 26.5. The van der Waals surface area contributed by atoms with E-state index in [0.29, 0.717) is 0 Å². The van der Waals surface area contributed by atoms with E-state index in [-0.39, 0.29) is 5.78 Å². The molecule has 84 valence electrons. The summed E-state index contributed by atoms with van der Waals surface area (Å²) in [6.45, 7) is 8.09. The van der Waals surface area contributed by atoms with Crippen molar-refractivity contribution in [3.8, 4) is 0 Å². The Morgan fingerprint density at radius 1 is 1.07 bits per heavy atom. The van der Waals surface area contributed by atoms with Crippen LogP contribution in [0.15, 0.2) is 0 Å². The average molecular weight is 222 g/mol. The number of ketones is 1. The predicted octanol–water partition coefficient (Wildman–Crippen LogP) is 1.36. The Morgan fingerprint density at radius 2 is 1.43 bits per heavy atom. The number of Topliss-reactive ketones (excluding diaryl/α,β-unsaturated/α-hetero) is 1. The minimum atomic E-state index is -3.61. The van der Waals surface area contributed by atoms with Crippen molar-refractivity contribution < 1.29 is 17.4 Å². The van der Waals surface area contributed by atoms with Crippen LogP contribution in [0.2, 0.25) is 0 Å². The molecular formula is C9H18O4S. The zero-order valence-electron chi connectivity index (χ0n) is 9.54. The van der Waals surface area contributed by atoms with Gasteiger partial charge in [0.15, 0.2) is 5.78 Å². The second kappa shape index (κ2) is 3.62. The van der Waals surface area contributed by atoms with Gasteiger partial charge in [-0.1, -0.05) is 20.8 Å². The molecule has 0 spiro atoms. The lowest BCUT2D eigenvalue weighted by molar-refractivity contribution is -0.139. The van der Waals surface area contributed by atoms with Crippen LogP contribution in [0.25, 0.3) is 0 Å². The average Bonchev–Trinajstić information content (AvgIpc) is 1.78. The Hall–Kier alpha value is -0.420. The van der Waals surface area contributed by atoms with Crippen molar-refractivity contribution in [2.75, 3.05) is 6.26 Å². The third kappa shape index (κ3) is 4.19. The molecule has 0 saturated heterocycles. The molecule has 0 aromatic carbocycles. The largest absolute Gasteiger partial charge is 0.296 e. The third-order valence-corrected chi connectivity index (χ3v) is 2.31. The van der Waals surface area contributed by atoms with Gasteiger partial charge in [0.05, 0.1) is 6.26 Å². The molecule has 0 aliphatic carbocycles. The molecule has 0 rings (SSSR count). The third-order valence-electron chi connectivity index (χ3n) is 1.59. The molecular weight excluding hydrogens is 204 g/mol. The van der Waals surface area contributed by atoms with Crippen LogP contribution in [0.5, 0.6) is 0 Å². The van der Waals surface area contributed by atoms with E-state index in [1.54, 1.807) is 20.8 Å². The van der Waals surface area contributed by atoms with Crippen molar-refractivity contribution in [3.63, 3.8) is 0 Å². The highest BCUT2D eigenvalue weighted by Crippen LogP contribution is 2.26. The lowest BCUT2D eigenvalue weighted by Crippen LogP contribution is -2.43. The second-order valence-corrected chi connectivity index (χ2v) is 6.45. The number of carbonyl (C=O) groups excluding carboxylic acids is 1. The lowest BCUT2D eigenvalue weighted by Gasteiger charge is -2.29. The van der Waals surface area contributed by atoms with E-state index in [1.807, 2.05) is 0 Å². The fourth-order valence-corrected chi connectivity index (χ4v) is 2.15. The minimum absolute atomic E-state index is 0.240. The van der Waals surface area contributed by atoms with E-state index in [2.05, 4.69) is 0 Å². The fraction of sp³-hybridized carbons (Fsp3) is 0.889. The summed E-state index contributed by atoms with van der Waals surface area (Å²) >= 11 is 0.